The van der Waals surface area contributed by atoms with E-state index in [2.05, 4.69) is 25.8 Å². The van der Waals surface area contributed by atoms with Gasteiger partial charge in [-0.05, 0) is 41.8 Å². The normalized spacial score (nSPS) is 13.5. The van der Waals surface area contributed by atoms with E-state index < -0.39 is 0 Å². The molecule has 0 saturated carbocycles. The van der Waals surface area contributed by atoms with Crippen LogP contribution in [0.1, 0.15) is 32.4 Å². The molecule has 112 valence electrons. The number of amides is 1. The number of aryl methyl sites for hydroxylation is 2. The summed E-state index contributed by atoms with van der Waals surface area (Å²) in [7, 11) is 0. The van der Waals surface area contributed by atoms with Crippen LogP contribution < -0.4 is 5.32 Å². The van der Waals surface area contributed by atoms with Crippen molar-refractivity contribution in [2.24, 2.45) is 0 Å². The number of hydrogen-bond acceptors (Lipinski definition) is 6. The van der Waals surface area contributed by atoms with Crippen LogP contribution >= 0.6 is 11.3 Å². The average Bonchev–Trinajstić information content (AvgIpc) is 3.21. The van der Waals surface area contributed by atoms with E-state index >= 15 is 0 Å². The molecular formula is C14H14N6OS. The molecule has 8 heteroatoms. The smallest absolute Gasteiger partial charge is 0.252 e. The number of thiazole rings is 1. The summed E-state index contributed by atoms with van der Waals surface area (Å²) in [5.41, 5.74) is 2.42. The molecule has 0 spiro atoms. The van der Waals surface area contributed by atoms with E-state index in [-0.39, 0.29) is 5.91 Å². The molecule has 1 N–H and O–H groups in total. The molecule has 0 atom stereocenters. The van der Waals surface area contributed by atoms with E-state index in [1.165, 1.54) is 21.5 Å². The van der Waals surface area contributed by atoms with Crippen LogP contribution in [0.3, 0.4) is 0 Å². The summed E-state index contributed by atoms with van der Waals surface area (Å²) in [6.07, 6.45) is 5.89. The van der Waals surface area contributed by atoms with Crippen molar-refractivity contribution < 1.29 is 4.79 Å². The largest absolute Gasteiger partial charge is 0.352 e. The fraction of sp³-hybridized carbons (Fsp3) is 0.357. The highest BCUT2D eigenvalue weighted by atomic mass is 32.1. The van der Waals surface area contributed by atoms with E-state index in [1.54, 1.807) is 29.7 Å². The van der Waals surface area contributed by atoms with Crippen LogP contribution in [0.2, 0.25) is 0 Å². The van der Waals surface area contributed by atoms with Gasteiger partial charge in [-0.25, -0.2) is 4.98 Å². The summed E-state index contributed by atoms with van der Waals surface area (Å²) < 4.78 is 1.49. The Kier molecular flexibility index (Phi) is 3.30. The Balaban J connectivity index is 1.37. The van der Waals surface area contributed by atoms with Crippen molar-refractivity contribution >= 4 is 22.9 Å². The molecule has 0 unspecified atom stereocenters. The summed E-state index contributed by atoms with van der Waals surface area (Å²) in [5, 5.41) is 15.2. The molecular weight excluding hydrogens is 300 g/mol. The van der Waals surface area contributed by atoms with Crippen LogP contribution in [-0.2, 0) is 19.3 Å². The van der Waals surface area contributed by atoms with E-state index in [0.717, 1.165) is 24.3 Å². The van der Waals surface area contributed by atoms with Gasteiger partial charge in [0.25, 0.3) is 5.91 Å². The second kappa shape index (κ2) is 5.45. The Morgan fingerprint density at radius 1 is 1.36 bits per heavy atom. The van der Waals surface area contributed by atoms with Crippen LogP contribution in [0.5, 0.6) is 0 Å². The van der Waals surface area contributed by atoms with Gasteiger partial charge < -0.3 is 5.32 Å². The van der Waals surface area contributed by atoms with Crippen LogP contribution in [-0.4, -0.2) is 37.5 Å². The number of aromatic nitrogens is 5. The topological polar surface area (TPSA) is 85.1 Å². The predicted octanol–water partition coefficient (Wildman–Crippen LogP) is 1.04. The lowest BCUT2D eigenvalue weighted by Gasteiger charge is -2.04. The molecule has 0 aromatic carbocycles. The Labute approximate surface area is 130 Å². The van der Waals surface area contributed by atoms with Crippen LogP contribution in [0, 0.1) is 0 Å². The molecule has 4 rings (SSSR count). The monoisotopic (exact) mass is 314 g/mol. The second-order valence-corrected chi connectivity index (χ2v) is 6.40. The molecule has 0 radical (unpaired) electrons. The zero-order valence-electron chi connectivity index (χ0n) is 11.8. The van der Waals surface area contributed by atoms with Crippen LogP contribution in [0.25, 0.3) is 5.65 Å². The number of carbonyl (C=O) groups is 1. The maximum Gasteiger partial charge on any atom is 0.252 e. The molecule has 0 aliphatic heterocycles. The van der Waals surface area contributed by atoms with E-state index in [1.807, 2.05) is 0 Å². The van der Waals surface area contributed by atoms with Crippen molar-refractivity contribution in [1.82, 2.24) is 30.3 Å². The Hall–Kier alpha value is -2.35. The van der Waals surface area contributed by atoms with Gasteiger partial charge in [0.05, 0.1) is 16.3 Å². The molecule has 0 fully saturated rings. The molecule has 3 aromatic rings. The maximum absolute atomic E-state index is 12.1. The SMILES string of the molecule is O=C(NCCc1nc2c(s1)CCC2)c1ccc2nnnn2c1. The first-order valence-corrected chi connectivity index (χ1v) is 8.05. The van der Waals surface area contributed by atoms with Gasteiger partial charge in [-0.1, -0.05) is 0 Å². The Morgan fingerprint density at radius 2 is 2.32 bits per heavy atom. The van der Waals surface area contributed by atoms with Crippen LogP contribution in [0.15, 0.2) is 18.3 Å². The van der Waals surface area contributed by atoms with Crippen molar-refractivity contribution in [3.8, 4) is 0 Å². The van der Waals surface area contributed by atoms with Crippen molar-refractivity contribution in [3.63, 3.8) is 0 Å². The first-order valence-electron chi connectivity index (χ1n) is 7.23. The minimum Gasteiger partial charge on any atom is -0.352 e. The van der Waals surface area contributed by atoms with Crippen LogP contribution in [0.4, 0.5) is 0 Å². The first kappa shape index (κ1) is 13.3. The standard InChI is InChI=1S/C14H14N6OS/c21-14(9-4-5-12-17-18-19-20(12)8-9)15-7-6-13-16-10-2-1-3-11(10)22-13/h4-5,8H,1-3,6-7H2,(H,15,21). The zero-order valence-corrected chi connectivity index (χ0v) is 12.6. The zero-order chi connectivity index (χ0) is 14.9. The second-order valence-electron chi connectivity index (χ2n) is 5.24. The average molecular weight is 314 g/mol. The third-order valence-corrected chi connectivity index (χ3v) is 4.94. The third kappa shape index (κ3) is 2.45. The highest BCUT2D eigenvalue weighted by Gasteiger charge is 2.16. The Bertz CT molecular complexity index is 817. The highest BCUT2D eigenvalue weighted by Crippen LogP contribution is 2.27. The van der Waals surface area contributed by atoms with Gasteiger partial charge in [0, 0.05) is 24.0 Å². The van der Waals surface area contributed by atoms with Gasteiger partial charge >= 0.3 is 0 Å². The Morgan fingerprint density at radius 3 is 3.23 bits per heavy atom. The molecule has 3 aromatic heterocycles. The molecule has 0 bridgehead atoms. The summed E-state index contributed by atoms with van der Waals surface area (Å²) in [6, 6.07) is 3.44. The van der Waals surface area contributed by atoms with Crippen molar-refractivity contribution in [3.05, 3.63) is 39.5 Å². The number of carbonyl (C=O) groups excluding carboxylic acids is 1. The minimum absolute atomic E-state index is 0.124. The van der Waals surface area contributed by atoms with Gasteiger partial charge in [0.1, 0.15) is 0 Å². The predicted molar refractivity (Wildman–Crippen MR) is 81.0 cm³/mol. The molecule has 0 saturated heterocycles. The fourth-order valence-corrected chi connectivity index (χ4v) is 3.77. The van der Waals surface area contributed by atoms with Crippen molar-refractivity contribution in [2.75, 3.05) is 6.54 Å². The lowest BCUT2D eigenvalue weighted by molar-refractivity contribution is 0.0953. The van der Waals surface area contributed by atoms with Crippen molar-refractivity contribution in [2.45, 2.75) is 25.7 Å². The lowest BCUT2D eigenvalue weighted by Crippen LogP contribution is -2.26. The first-order chi connectivity index (χ1) is 10.8. The number of nitrogens with one attached hydrogen (secondary N) is 1. The molecule has 7 nitrogen and oxygen atoms in total. The fourth-order valence-electron chi connectivity index (χ4n) is 2.61. The molecule has 1 amide bonds. The van der Waals surface area contributed by atoms with E-state index in [9.17, 15) is 4.79 Å². The summed E-state index contributed by atoms with van der Waals surface area (Å²) >= 11 is 1.78. The molecule has 1 aliphatic carbocycles. The minimum atomic E-state index is -0.124. The van der Waals surface area contributed by atoms with E-state index in [0.29, 0.717) is 17.8 Å². The summed E-state index contributed by atoms with van der Waals surface area (Å²) in [6.45, 7) is 0.582. The van der Waals surface area contributed by atoms with Gasteiger partial charge in [-0.2, -0.15) is 4.52 Å². The summed E-state index contributed by atoms with van der Waals surface area (Å²) in [5.74, 6) is -0.124. The quantitative estimate of drug-likeness (QED) is 0.778. The lowest BCUT2D eigenvalue weighted by atomic mass is 10.2. The third-order valence-electron chi connectivity index (χ3n) is 3.72. The number of hydrogen-bond donors (Lipinski definition) is 1. The molecule has 22 heavy (non-hydrogen) atoms. The van der Waals surface area contributed by atoms with Gasteiger partial charge in [0.2, 0.25) is 0 Å². The number of rotatable bonds is 4. The number of fused-ring (bicyclic) bond motifs is 2. The number of pyridine rings is 1. The van der Waals surface area contributed by atoms with Crippen molar-refractivity contribution in [1.29, 1.82) is 0 Å². The van der Waals surface area contributed by atoms with Gasteiger partial charge in [-0.15, -0.1) is 16.4 Å². The summed E-state index contributed by atoms with van der Waals surface area (Å²) in [4.78, 5) is 18.2. The molecule has 3 heterocycles. The van der Waals surface area contributed by atoms with Gasteiger partial charge in [-0.3, -0.25) is 4.79 Å². The highest BCUT2D eigenvalue weighted by molar-refractivity contribution is 7.11. The number of tetrazole rings is 1. The maximum atomic E-state index is 12.1. The van der Waals surface area contributed by atoms with E-state index in [4.69, 9.17) is 0 Å². The molecule has 1 aliphatic rings. The van der Waals surface area contributed by atoms with Gasteiger partial charge in [0.15, 0.2) is 5.65 Å². The number of nitrogens with zero attached hydrogens (tertiary/aromatic N) is 5.